The van der Waals surface area contributed by atoms with E-state index in [0.29, 0.717) is 5.41 Å². The van der Waals surface area contributed by atoms with Crippen LogP contribution >= 0.6 is 0 Å². The average Bonchev–Trinajstić information content (AvgIpc) is 1.97. The molecule has 14 heavy (non-hydrogen) atoms. The molecule has 0 aliphatic carbocycles. The van der Waals surface area contributed by atoms with E-state index in [9.17, 15) is 12.3 Å². The Labute approximate surface area is 80.1 Å². The highest BCUT2D eigenvalue weighted by Gasteiger charge is 2.00. The maximum absolute atomic E-state index is 12.0. The topological polar surface area (TPSA) is 74.6 Å². The molecule has 1 rings (SSSR count). The monoisotopic (exact) mass is 218 g/mol. The Hall–Kier alpha value is -1.56. The molecule has 0 atom stereocenters. The third-order valence-electron chi connectivity index (χ3n) is 1.35. The summed E-state index contributed by atoms with van der Waals surface area (Å²) in [7, 11) is -4.69. The van der Waals surface area contributed by atoms with Crippen LogP contribution in [-0.2, 0) is 10.2 Å². The number of aromatic hydroxyl groups is 2. The molecule has 0 fully saturated rings. The fraction of sp³-hybridized carbons (Fsp3) is 0. The second-order valence-electron chi connectivity index (χ2n) is 2.56. The second kappa shape index (κ2) is 3.67. The summed E-state index contributed by atoms with van der Waals surface area (Å²) in [5, 5.41) is 18.3. The van der Waals surface area contributed by atoms with Crippen LogP contribution in [0.5, 0.6) is 11.5 Å². The molecule has 0 heterocycles. The van der Waals surface area contributed by atoms with Crippen LogP contribution in [0.15, 0.2) is 23.6 Å². The average molecular weight is 218 g/mol. The van der Waals surface area contributed by atoms with Gasteiger partial charge in [-0.05, 0) is 23.8 Å². The molecule has 1 aromatic carbocycles. The van der Waals surface area contributed by atoms with Crippen molar-refractivity contribution in [1.29, 1.82) is 0 Å². The maximum atomic E-state index is 12.0. The molecular formula is C8H7FO4S. The van der Waals surface area contributed by atoms with E-state index >= 15 is 0 Å². The fourth-order valence-electron chi connectivity index (χ4n) is 0.874. The Kier molecular flexibility index (Phi) is 2.76. The molecule has 0 aliphatic heterocycles. The van der Waals surface area contributed by atoms with Crippen molar-refractivity contribution in [1.82, 2.24) is 0 Å². The van der Waals surface area contributed by atoms with Gasteiger partial charge in [-0.3, -0.25) is 0 Å². The quantitative estimate of drug-likeness (QED) is 0.735. The molecular weight excluding hydrogens is 211 g/mol. The summed E-state index contributed by atoms with van der Waals surface area (Å²) in [5.74, 6) is -0.471. The summed E-state index contributed by atoms with van der Waals surface area (Å²) in [4.78, 5) is 0. The Morgan fingerprint density at radius 1 is 1.14 bits per heavy atom. The van der Waals surface area contributed by atoms with Gasteiger partial charge >= 0.3 is 10.2 Å². The zero-order chi connectivity index (χ0) is 10.8. The number of phenolic OH excluding ortho intramolecular Hbond substituents is 2. The Bertz CT molecular complexity index is 444. The summed E-state index contributed by atoms with van der Waals surface area (Å²) in [6.45, 7) is 0. The minimum Gasteiger partial charge on any atom is -0.508 e. The van der Waals surface area contributed by atoms with Gasteiger partial charge < -0.3 is 10.2 Å². The predicted octanol–water partition coefficient (Wildman–Crippen LogP) is 1.37. The van der Waals surface area contributed by atoms with Crippen molar-refractivity contribution in [2.45, 2.75) is 0 Å². The lowest BCUT2D eigenvalue weighted by atomic mass is 10.2. The van der Waals surface area contributed by atoms with Crippen molar-refractivity contribution in [2.75, 3.05) is 0 Å². The number of halogens is 1. The summed E-state index contributed by atoms with van der Waals surface area (Å²) in [6, 6.07) is 3.43. The summed E-state index contributed by atoms with van der Waals surface area (Å²) in [6.07, 6.45) is 0.925. The van der Waals surface area contributed by atoms with Gasteiger partial charge in [0.1, 0.15) is 11.5 Å². The molecule has 0 aromatic heterocycles. The van der Waals surface area contributed by atoms with Gasteiger partial charge in [0, 0.05) is 6.07 Å². The smallest absolute Gasteiger partial charge is 0.325 e. The normalized spacial score (nSPS) is 12.1. The highest BCUT2D eigenvalue weighted by molar-refractivity contribution is 7.89. The van der Waals surface area contributed by atoms with E-state index in [1.807, 2.05) is 0 Å². The van der Waals surface area contributed by atoms with Gasteiger partial charge in [-0.15, -0.1) is 3.89 Å². The minimum atomic E-state index is -4.69. The largest absolute Gasteiger partial charge is 0.508 e. The van der Waals surface area contributed by atoms with Gasteiger partial charge in [0.05, 0.1) is 5.41 Å². The van der Waals surface area contributed by atoms with Crippen LogP contribution in [0.25, 0.3) is 6.08 Å². The van der Waals surface area contributed by atoms with E-state index < -0.39 is 10.2 Å². The molecule has 0 radical (unpaired) electrons. The number of hydrogen-bond donors (Lipinski definition) is 2. The van der Waals surface area contributed by atoms with Crippen molar-refractivity contribution < 1.29 is 22.5 Å². The van der Waals surface area contributed by atoms with Crippen molar-refractivity contribution >= 4 is 16.3 Å². The second-order valence-corrected chi connectivity index (χ2v) is 3.78. The standard InChI is InChI=1S/C8H7FO4S/c9-14(12,13)2-1-6-3-7(10)5-8(11)4-6/h1-5,10-11H/b2-1+. The molecule has 0 unspecified atom stereocenters. The van der Waals surface area contributed by atoms with Crippen LogP contribution in [-0.4, -0.2) is 18.6 Å². The van der Waals surface area contributed by atoms with Crippen molar-refractivity contribution in [2.24, 2.45) is 0 Å². The Balaban J connectivity index is 3.04. The first-order valence-corrected chi connectivity index (χ1v) is 4.97. The van der Waals surface area contributed by atoms with Crippen LogP contribution in [0.2, 0.25) is 0 Å². The van der Waals surface area contributed by atoms with Crippen LogP contribution in [0.4, 0.5) is 3.89 Å². The molecule has 76 valence electrons. The molecule has 0 aliphatic rings. The van der Waals surface area contributed by atoms with Gasteiger partial charge in [0.2, 0.25) is 0 Å². The first-order chi connectivity index (χ1) is 6.37. The number of rotatable bonds is 2. The van der Waals surface area contributed by atoms with Gasteiger partial charge in [-0.1, -0.05) is 0 Å². The van der Waals surface area contributed by atoms with Crippen LogP contribution < -0.4 is 0 Å². The lowest BCUT2D eigenvalue weighted by Crippen LogP contribution is -1.81. The highest BCUT2D eigenvalue weighted by Crippen LogP contribution is 2.21. The lowest BCUT2D eigenvalue weighted by molar-refractivity contribution is 0.450. The van der Waals surface area contributed by atoms with Crippen molar-refractivity contribution in [3.63, 3.8) is 0 Å². The molecule has 0 saturated carbocycles. The van der Waals surface area contributed by atoms with E-state index in [1.165, 1.54) is 12.1 Å². The van der Waals surface area contributed by atoms with Crippen molar-refractivity contribution in [3.8, 4) is 11.5 Å². The van der Waals surface area contributed by atoms with Gasteiger partial charge in [-0.2, -0.15) is 8.42 Å². The van der Waals surface area contributed by atoms with Crippen molar-refractivity contribution in [3.05, 3.63) is 29.2 Å². The zero-order valence-corrected chi connectivity index (χ0v) is 7.70. The molecule has 2 N–H and O–H groups in total. The van der Waals surface area contributed by atoms with Crippen LogP contribution in [0.1, 0.15) is 5.56 Å². The number of benzene rings is 1. The number of phenols is 2. The fourth-order valence-corrected chi connectivity index (χ4v) is 1.19. The Morgan fingerprint density at radius 3 is 2.07 bits per heavy atom. The minimum absolute atomic E-state index is 0.184. The molecule has 0 spiro atoms. The maximum Gasteiger partial charge on any atom is 0.325 e. The lowest BCUT2D eigenvalue weighted by Gasteiger charge is -1.96. The van der Waals surface area contributed by atoms with E-state index in [1.54, 1.807) is 0 Å². The summed E-state index contributed by atoms with van der Waals surface area (Å²) >= 11 is 0. The van der Waals surface area contributed by atoms with Gasteiger partial charge in [-0.25, -0.2) is 0 Å². The summed E-state index contributed by atoms with van der Waals surface area (Å²) < 4.78 is 32.2. The SMILES string of the molecule is O=S(=O)(F)/C=C/c1cc(O)cc(O)c1. The summed E-state index contributed by atoms with van der Waals surface area (Å²) in [5.41, 5.74) is 0.184. The third-order valence-corrected chi connectivity index (χ3v) is 1.81. The molecule has 0 saturated heterocycles. The van der Waals surface area contributed by atoms with Gasteiger partial charge in [0.25, 0.3) is 0 Å². The first kappa shape index (κ1) is 10.5. The Morgan fingerprint density at radius 2 is 1.64 bits per heavy atom. The molecule has 6 heteroatoms. The molecule has 0 amide bonds. The van der Waals surface area contributed by atoms with E-state index in [-0.39, 0.29) is 17.1 Å². The van der Waals surface area contributed by atoms with Crippen LogP contribution in [0, 0.1) is 0 Å². The zero-order valence-electron chi connectivity index (χ0n) is 6.88. The van der Waals surface area contributed by atoms with E-state index in [4.69, 9.17) is 10.2 Å². The van der Waals surface area contributed by atoms with E-state index in [0.717, 1.165) is 12.1 Å². The van der Waals surface area contributed by atoms with Crippen LogP contribution in [0.3, 0.4) is 0 Å². The van der Waals surface area contributed by atoms with E-state index in [2.05, 4.69) is 0 Å². The highest BCUT2D eigenvalue weighted by atomic mass is 32.3. The molecule has 1 aromatic rings. The number of hydrogen-bond acceptors (Lipinski definition) is 4. The molecule has 0 bridgehead atoms. The van der Waals surface area contributed by atoms with Gasteiger partial charge in [0.15, 0.2) is 0 Å². The predicted molar refractivity (Wildman–Crippen MR) is 48.8 cm³/mol. The first-order valence-electron chi connectivity index (χ1n) is 3.52. The molecule has 4 nitrogen and oxygen atoms in total. The third kappa shape index (κ3) is 3.44.